The number of aromatic nitrogens is 3. The van der Waals surface area contributed by atoms with E-state index in [1.54, 1.807) is 6.20 Å². The van der Waals surface area contributed by atoms with Gasteiger partial charge in [0.05, 0.1) is 12.2 Å². The summed E-state index contributed by atoms with van der Waals surface area (Å²) in [5.74, 6) is -2.20. The molecule has 1 atom stereocenters. The zero-order valence-electron chi connectivity index (χ0n) is 12.3. The predicted octanol–water partition coefficient (Wildman–Crippen LogP) is 1.35. The summed E-state index contributed by atoms with van der Waals surface area (Å²) in [6.07, 6.45) is 3.13. The first-order valence-corrected chi connectivity index (χ1v) is 7.30. The van der Waals surface area contributed by atoms with Crippen LogP contribution in [0.5, 0.6) is 0 Å². The highest BCUT2D eigenvalue weighted by Crippen LogP contribution is 2.23. The van der Waals surface area contributed by atoms with Crippen molar-refractivity contribution in [3.63, 3.8) is 0 Å². The molecule has 1 aliphatic heterocycles. The summed E-state index contributed by atoms with van der Waals surface area (Å²) in [6.45, 7) is 0.758. The van der Waals surface area contributed by atoms with Crippen LogP contribution in [0.4, 0.5) is 8.78 Å². The normalized spacial score (nSPS) is 20.8. The molecule has 1 aliphatic rings. The molecule has 23 heavy (non-hydrogen) atoms. The minimum atomic E-state index is -1.01. The number of nitrogens with zero attached hydrogens (tertiary/aromatic N) is 3. The first kappa shape index (κ1) is 15.5. The van der Waals surface area contributed by atoms with Crippen LogP contribution in [-0.4, -0.2) is 38.2 Å². The highest BCUT2D eigenvalue weighted by molar-refractivity contribution is 5.79. The Morgan fingerprint density at radius 3 is 2.91 bits per heavy atom. The summed E-state index contributed by atoms with van der Waals surface area (Å²) < 4.78 is 28.0. The number of nitrogens with one attached hydrogen (secondary N) is 1. The van der Waals surface area contributed by atoms with Crippen LogP contribution in [-0.2, 0) is 17.8 Å². The topological polar surface area (TPSA) is 80.0 Å². The van der Waals surface area contributed by atoms with E-state index in [9.17, 15) is 18.7 Å². The summed E-state index contributed by atoms with van der Waals surface area (Å²) in [5, 5.41) is 20.3. The summed E-state index contributed by atoms with van der Waals surface area (Å²) in [5.41, 5.74) is -0.207. The fourth-order valence-electron chi connectivity index (χ4n) is 2.85. The van der Waals surface area contributed by atoms with E-state index in [1.165, 1.54) is 16.8 Å². The molecule has 1 unspecified atom stereocenters. The van der Waals surface area contributed by atoms with Gasteiger partial charge in [0.2, 0.25) is 0 Å². The first-order valence-electron chi connectivity index (χ1n) is 7.30. The molecular weight excluding hydrogens is 306 g/mol. The summed E-state index contributed by atoms with van der Waals surface area (Å²) in [7, 11) is 0. The Labute approximate surface area is 131 Å². The lowest BCUT2D eigenvalue weighted by Gasteiger charge is -2.22. The van der Waals surface area contributed by atoms with Crippen molar-refractivity contribution in [2.24, 2.45) is 0 Å². The third-order valence-electron chi connectivity index (χ3n) is 4.07. The molecule has 0 bridgehead atoms. The molecule has 0 aliphatic carbocycles. The second-order valence-electron chi connectivity index (χ2n) is 5.74. The van der Waals surface area contributed by atoms with Crippen LogP contribution in [0.15, 0.2) is 24.4 Å². The third-order valence-corrected chi connectivity index (χ3v) is 4.07. The molecular formula is C15H16F2N4O2. The van der Waals surface area contributed by atoms with Crippen molar-refractivity contribution in [1.82, 2.24) is 20.3 Å². The molecule has 3 rings (SSSR count). The average Bonchev–Trinajstić information content (AvgIpc) is 3.13. The minimum absolute atomic E-state index is 0.104. The number of benzene rings is 1. The largest absolute Gasteiger partial charge is 0.480 e. The van der Waals surface area contributed by atoms with Crippen LogP contribution in [0, 0.1) is 11.6 Å². The molecule has 2 heterocycles. The van der Waals surface area contributed by atoms with Gasteiger partial charge >= 0.3 is 5.97 Å². The van der Waals surface area contributed by atoms with E-state index in [4.69, 9.17) is 0 Å². The third kappa shape index (κ3) is 3.21. The predicted molar refractivity (Wildman–Crippen MR) is 76.8 cm³/mol. The van der Waals surface area contributed by atoms with E-state index in [-0.39, 0.29) is 18.5 Å². The van der Waals surface area contributed by atoms with Gasteiger partial charge in [-0.1, -0.05) is 11.3 Å². The van der Waals surface area contributed by atoms with E-state index in [2.05, 4.69) is 15.6 Å². The SMILES string of the molecule is O=C(O)C1(Cc2cn(Cc3ccc(F)cc3F)nn2)CCCN1. The number of carbonyl (C=O) groups is 1. The first-order chi connectivity index (χ1) is 11.0. The fraction of sp³-hybridized carbons (Fsp3) is 0.400. The molecule has 1 fully saturated rings. The van der Waals surface area contributed by atoms with Crippen molar-refractivity contribution in [3.8, 4) is 0 Å². The molecule has 2 N–H and O–H groups in total. The molecule has 122 valence electrons. The highest BCUT2D eigenvalue weighted by Gasteiger charge is 2.41. The van der Waals surface area contributed by atoms with Crippen LogP contribution < -0.4 is 5.32 Å². The van der Waals surface area contributed by atoms with Crippen LogP contribution in [0.2, 0.25) is 0 Å². The van der Waals surface area contributed by atoms with Crippen molar-refractivity contribution in [3.05, 3.63) is 47.3 Å². The lowest BCUT2D eigenvalue weighted by molar-refractivity contribution is -0.144. The Morgan fingerprint density at radius 1 is 1.43 bits per heavy atom. The second-order valence-corrected chi connectivity index (χ2v) is 5.74. The van der Waals surface area contributed by atoms with Gasteiger partial charge in [0.1, 0.15) is 17.2 Å². The molecule has 0 amide bonds. The monoisotopic (exact) mass is 322 g/mol. The molecule has 1 saturated heterocycles. The van der Waals surface area contributed by atoms with Crippen molar-refractivity contribution in [1.29, 1.82) is 0 Å². The van der Waals surface area contributed by atoms with E-state index in [1.807, 2.05) is 0 Å². The standard InChI is InChI=1S/C15H16F2N4O2/c16-11-3-2-10(13(17)6-11)8-21-9-12(19-20-21)7-15(14(22)23)4-1-5-18-15/h2-3,6,9,18H,1,4-5,7-8H2,(H,22,23). The molecule has 1 aromatic heterocycles. The molecule has 0 saturated carbocycles. The maximum absolute atomic E-state index is 13.6. The number of halogens is 2. The van der Waals surface area contributed by atoms with Gasteiger partial charge in [0, 0.05) is 24.2 Å². The van der Waals surface area contributed by atoms with E-state index in [0.29, 0.717) is 18.7 Å². The quantitative estimate of drug-likeness (QED) is 0.869. The smallest absolute Gasteiger partial charge is 0.324 e. The summed E-state index contributed by atoms with van der Waals surface area (Å²) >= 11 is 0. The van der Waals surface area contributed by atoms with Crippen molar-refractivity contribution < 1.29 is 18.7 Å². The number of rotatable bonds is 5. The number of carboxylic acids is 1. The number of aliphatic carboxylic acids is 1. The zero-order chi connectivity index (χ0) is 16.4. The Morgan fingerprint density at radius 2 is 2.26 bits per heavy atom. The molecule has 0 radical (unpaired) electrons. The van der Waals surface area contributed by atoms with Gasteiger partial charge in [-0.25, -0.2) is 13.5 Å². The van der Waals surface area contributed by atoms with Crippen molar-refractivity contribution in [2.45, 2.75) is 31.3 Å². The number of hydrogen-bond acceptors (Lipinski definition) is 4. The van der Waals surface area contributed by atoms with Gasteiger partial charge in [0.25, 0.3) is 0 Å². The van der Waals surface area contributed by atoms with Gasteiger partial charge in [-0.05, 0) is 25.5 Å². The van der Waals surface area contributed by atoms with Crippen molar-refractivity contribution >= 4 is 5.97 Å². The Kier molecular flexibility index (Phi) is 4.08. The van der Waals surface area contributed by atoms with Crippen LogP contribution in [0.1, 0.15) is 24.1 Å². The summed E-state index contributed by atoms with van der Waals surface area (Å²) in [6, 6.07) is 3.34. The Hall–Kier alpha value is -2.35. The fourth-order valence-corrected chi connectivity index (χ4v) is 2.85. The van der Waals surface area contributed by atoms with E-state index in [0.717, 1.165) is 12.5 Å². The van der Waals surface area contributed by atoms with Gasteiger partial charge < -0.3 is 10.4 Å². The van der Waals surface area contributed by atoms with Gasteiger partial charge in [-0.15, -0.1) is 5.10 Å². The molecule has 6 nitrogen and oxygen atoms in total. The van der Waals surface area contributed by atoms with Crippen molar-refractivity contribution in [2.75, 3.05) is 6.54 Å². The van der Waals surface area contributed by atoms with Gasteiger partial charge in [-0.2, -0.15) is 0 Å². The zero-order valence-corrected chi connectivity index (χ0v) is 12.3. The lowest BCUT2D eigenvalue weighted by Crippen LogP contribution is -2.49. The average molecular weight is 322 g/mol. The van der Waals surface area contributed by atoms with Crippen LogP contribution in [0.25, 0.3) is 0 Å². The highest BCUT2D eigenvalue weighted by atomic mass is 19.1. The number of carboxylic acid groups (broad SMARTS) is 1. The maximum Gasteiger partial charge on any atom is 0.324 e. The van der Waals surface area contributed by atoms with E-state index >= 15 is 0 Å². The Balaban J connectivity index is 1.74. The molecule has 8 heteroatoms. The van der Waals surface area contributed by atoms with Crippen LogP contribution in [0.3, 0.4) is 0 Å². The molecule has 0 spiro atoms. The van der Waals surface area contributed by atoms with E-state index < -0.39 is 23.1 Å². The lowest BCUT2D eigenvalue weighted by atomic mass is 9.92. The minimum Gasteiger partial charge on any atom is -0.480 e. The van der Waals surface area contributed by atoms with Gasteiger partial charge in [0.15, 0.2) is 0 Å². The molecule has 2 aromatic rings. The van der Waals surface area contributed by atoms with Crippen LogP contribution >= 0.6 is 0 Å². The van der Waals surface area contributed by atoms with Gasteiger partial charge in [-0.3, -0.25) is 4.79 Å². The number of hydrogen-bond donors (Lipinski definition) is 2. The molecule has 1 aromatic carbocycles. The second kappa shape index (κ2) is 6.04. The summed E-state index contributed by atoms with van der Waals surface area (Å²) in [4.78, 5) is 11.5. The maximum atomic E-state index is 13.6. The Bertz CT molecular complexity index is 726.